The van der Waals surface area contributed by atoms with Gasteiger partial charge < -0.3 is 31.0 Å². The zero-order valence-corrected chi connectivity index (χ0v) is 10.0. The van der Waals surface area contributed by atoms with Crippen molar-refractivity contribution in [2.75, 3.05) is 6.61 Å². The molecule has 1 unspecified atom stereocenters. The Morgan fingerprint density at radius 3 is 0.810 bits per heavy atom. The first-order chi connectivity index (χ1) is 9.20. The summed E-state index contributed by atoms with van der Waals surface area (Å²) in [5.41, 5.74) is 0. The minimum absolute atomic E-state index is 0.139. The third-order valence-corrected chi connectivity index (χ3v) is 0.264. The first-order valence-corrected chi connectivity index (χ1v) is 3.82. The SMILES string of the molecule is CC(O)CO.O=[N+]([O-])O.O=[N+]([O-])O.O=[N+]([O-])O.O=[N+]([O-])O. The van der Waals surface area contributed by atoms with E-state index in [0.29, 0.717) is 0 Å². The van der Waals surface area contributed by atoms with Crippen molar-refractivity contribution < 1.29 is 51.4 Å². The van der Waals surface area contributed by atoms with Crippen molar-refractivity contribution in [3.63, 3.8) is 0 Å². The van der Waals surface area contributed by atoms with Crippen LogP contribution in [0.1, 0.15) is 6.92 Å². The Morgan fingerprint density at radius 2 is 0.810 bits per heavy atom. The van der Waals surface area contributed by atoms with Crippen molar-refractivity contribution in [2.24, 2.45) is 0 Å². The van der Waals surface area contributed by atoms with Crippen molar-refractivity contribution in [2.45, 2.75) is 13.0 Å². The lowest BCUT2D eigenvalue weighted by molar-refractivity contribution is -0.742. The smallest absolute Gasteiger partial charge is 0.291 e. The molecular weight excluding hydrogens is 316 g/mol. The van der Waals surface area contributed by atoms with Crippen molar-refractivity contribution in [3.05, 3.63) is 40.5 Å². The van der Waals surface area contributed by atoms with Crippen LogP contribution in [0.3, 0.4) is 0 Å². The Bertz CT molecular complexity index is 213. The van der Waals surface area contributed by atoms with Gasteiger partial charge in [0.15, 0.2) is 0 Å². The summed E-state index contributed by atoms with van der Waals surface area (Å²) >= 11 is 0. The van der Waals surface area contributed by atoms with Crippen LogP contribution in [-0.4, -0.2) is 64.1 Å². The molecule has 0 aliphatic carbocycles. The first kappa shape index (κ1) is 30.6. The normalized spacial score (nSPS) is 8.14. The fourth-order valence-electron chi connectivity index (χ4n) is 0. The summed E-state index contributed by atoms with van der Waals surface area (Å²) in [4.78, 5) is 33.4. The number of aliphatic hydroxyl groups excluding tert-OH is 2. The van der Waals surface area contributed by atoms with Crippen molar-refractivity contribution >= 4 is 0 Å². The van der Waals surface area contributed by atoms with Gasteiger partial charge in [-0.15, -0.1) is 40.5 Å². The summed E-state index contributed by atoms with van der Waals surface area (Å²) in [5.74, 6) is 0. The van der Waals surface area contributed by atoms with Crippen LogP contribution in [0.15, 0.2) is 0 Å². The second kappa shape index (κ2) is 25.5. The van der Waals surface area contributed by atoms with E-state index in [2.05, 4.69) is 0 Å². The van der Waals surface area contributed by atoms with Crippen LogP contribution in [0.4, 0.5) is 0 Å². The van der Waals surface area contributed by atoms with Gasteiger partial charge in [-0.2, -0.15) is 0 Å². The quantitative estimate of drug-likeness (QED) is 0.223. The third kappa shape index (κ3) is 2210. The Morgan fingerprint density at radius 1 is 0.762 bits per heavy atom. The second-order valence-electron chi connectivity index (χ2n) is 1.98. The van der Waals surface area contributed by atoms with E-state index in [4.69, 9.17) is 71.5 Å². The van der Waals surface area contributed by atoms with Crippen LogP contribution in [0, 0.1) is 40.5 Å². The van der Waals surface area contributed by atoms with Gasteiger partial charge in [-0.3, -0.25) is 0 Å². The molecule has 0 aromatic rings. The zero-order chi connectivity index (χ0) is 18.6. The maximum Gasteiger partial charge on any atom is 0.291 e. The van der Waals surface area contributed by atoms with E-state index in [1.165, 1.54) is 6.92 Å². The number of aliphatic hydroxyl groups is 2. The molecule has 0 saturated carbocycles. The maximum absolute atomic E-state index is 8.36. The highest BCUT2D eigenvalue weighted by Crippen LogP contribution is 1.68. The third-order valence-electron chi connectivity index (χ3n) is 0.264. The van der Waals surface area contributed by atoms with E-state index in [0.717, 1.165) is 0 Å². The Labute approximate surface area is 113 Å². The Kier molecular flexibility index (Phi) is 37.2. The van der Waals surface area contributed by atoms with Crippen LogP contribution in [0.2, 0.25) is 0 Å². The van der Waals surface area contributed by atoms with Gasteiger partial charge in [0.25, 0.3) is 20.3 Å². The predicted molar refractivity (Wildman–Crippen MR) is 53.9 cm³/mol. The van der Waals surface area contributed by atoms with Gasteiger partial charge in [0, 0.05) is 0 Å². The van der Waals surface area contributed by atoms with Gasteiger partial charge in [0.1, 0.15) is 0 Å². The highest BCUT2D eigenvalue weighted by Gasteiger charge is 1.83. The molecule has 0 amide bonds. The number of hydrogen-bond acceptors (Lipinski definition) is 10. The van der Waals surface area contributed by atoms with Crippen molar-refractivity contribution in [1.29, 1.82) is 0 Å². The number of nitrogens with zero attached hydrogens (tertiary/aromatic N) is 4. The molecule has 1 atom stereocenters. The fraction of sp³-hybridized carbons (Fsp3) is 1.00. The molecular formula is C3H12N4O14. The topological polar surface area (TPSA) is 294 Å². The Balaban J connectivity index is -0.0000000510. The van der Waals surface area contributed by atoms with E-state index in [9.17, 15) is 0 Å². The van der Waals surface area contributed by atoms with Crippen LogP contribution >= 0.6 is 0 Å². The second-order valence-corrected chi connectivity index (χ2v) is 1.98. The standard InChI is InChI=1S/C3H8O2.4HNO3/c1-3(5)2-4;4*2-1(3)4/h3-5H,2H2,1H3;4*(H,2,3,4). The van der Waals surface area contributed by atoms with Crippen molar-refractivity contribution in [3.8, 4) is 0 Å². The van der Waals surface area contributed by atoms with E-state index >= 15 is 0 Å². The summed E-state index contributed by atoms with van der Waals surface area (Å²) in [6.07, 6.45) is -0.560. The van der Waals surface area contributed by atoms with Gasteiger partial charge in [-0.05, 0) is 6.92 Å². The molecule has 0 aliphatic rings. The molecule has 0 radical (unpaired) electrons. The molecule has 0 aromatic carbocycles. The van der Waals surface area contributed by atoms with E-state index in [1.807, 2.05) is 0 Å². The summed E-state index contributed by atoms with van der Waals surface area (Å²) < 4.78 is 0. The monoisotopic (exact) mass is 328 g/mol. The number of rotatable bonds is 1. The summed E-state index contributed by atoms with van der Waals surface area (Å²) in [6.45, 7) is 1.39. The molecule has 0 aromatic heterocycles. The summed E-state index contributed by atoms with van der Waals surface area (Å²) in [5, 5.41) is 70.6. The van der Waals surface area contributed by atoms with Gasteiger partial charge in [-0.1, -0.05) is 0 Å². The predicted octanol–water partition coefficient (Wildman–Crippen LogP) is -2.03. The molecule has 18 nitrogen and oxygen atoms in total. The first-order valence-electron chi connectivity index (χ1n) is 3.82. The molecule has 21 heavy (non-hydrogen) atoms. The zero-order valence-electron chi connectivity index (χ0n) is 10.0. The average Bonchev–Trinajstić information content (AvgIpc) is 2.13. The molecule has 0 spiro atoms. The van der Waals surface area contributed by atoms with Gasteiger partial charge in [-0.25, -0.2) is 0 Å². The molecule has 0 aliphatic heterocycles. The van der Waals surface area contributed by atoms with Crippen LogP contribution in [-0.2, 0) is 0 Å². The summed E-state index contributed by atoms with van der Waals surface area (Å²) in [7, 11) is 0. The molecule has 0 fully saturated rings. The van der Waals surface area contributed by atoms with Crippen molar-refractivity contribution in [1.82, 2.24) is 0 Å². The Hall–Kier alpha value is -3.28. The molecule has 0 bridgehead atoms. The summed E-state index contributed by atoms with van der Waals surface area (Å²) in [6, 6.07) is 0. The lowest BCUT2D eigenvalue weighted by Crippen LogP contribution is -2.03. The largest absolute Gasteiger partial charge is 0.394 e. The fourth-order valence-corrected chi connectivity index (χ4v) is 0. The molecule has 6 N–H and O–H groups in total. The van der Waals surface area contributed by atoms with Gasteiger partial charge >= 0.3 is 0 Å². The lowest BCUT2D eigenvalue weighted by atomic mass is 10.5. The van der Waals surface area contributed by atoms with E-state index < -0.39 is 26.5 Å². The van der Waals surface area contributed by atoms with Crippen LogP contribution in [0.5, 0.6) is 0 Å². The highest BCUT2D eigenvalue weighted by molar-refractivity contribution is 4.34. The van der Waals surface area contributed by atoms with E-state index in [1.54, 1.807) is 0 Å². The van der Waals surface area contributed by atoms with Gasteiger partial charge in [0.2, 0.25) is 0 Å². The average molecular weight is 328 g/mol. The van der Waals surface area contributed by atoms with Crippen LogP contribution in [0.25, 0.3) is 0 Å². The van der Waals surface area contributed by atoms with Gasteiger partial charge in [0.05, 0.1) is 12.7 Å². The lowest BCUT2D eigenvalue weighted by Gasteiger charge is -1.90. The highest BCUT2D eigenvalue weighted by atomic mass is 16.9. The molecule has 18 heteroatoms. The molecule has 0 saturated heterocycles. The molecule has 128 valence electrons. The van der Waals surface area contributed by atoms with Crippen LogP contribution < -0.4 is 0 Å². The molecule has 0 heterocycles. The minimum Gasteiger partial charge on any atom is -0.394 e. The van der Waals surface area contributed by atoms with E-state index in [-0.39, 0.29) is 6.61 Å². The minimum atomic E-state index is -1.50. The maximum atomic E-state index is 8.36. The molecule has 0 rings (SSSR count). The number of hydrogen-bond donors (Lipinski definition) is 6.